The van der Waals surface area contributed by atoms with Crippen molar-refractivity contribution < 1.29 is 9.90 Å². The summed E-state index contributed by atoms with van der Waals surface area (Å²) >= 11 is 0. The van der Waals surface area contributed by atoms with Gasteiger partial charge in [-0.1, -0.05) is 13.8 Å². The highest BCUT2D eigenvalue weighted by Crippen LogP contribution is 2.13. The van der Waals surface area contributed by atoms with Crippen LogP contribution in [0.15, 0.2) is 0 Å². The summed E-state index contributed by atoms with van der Waals surface area (Å²) in [5, 5.41) is 11.5. The predicted molar refractivity (Wildman–Crippen MR) is 44.5 cm³/mol. The summed E-state index contributed by atoms with van der Waals surface area (Å²) in [6, 6.07) is 0. The van der Waals surface area contributed by atoms with Gasteiger partial charge in [0, 0.05) is 6.42 Å². The fourth-order valence-corrected chi connectivity index (χ4v) is 1.03. The zero-order valence-corrected chi connectivity index (χ0v) is 7.42. The lowest BCUT2D eigenvalue weighted by atomic mass is 9.93. The van der Waals surface area contributed by atoms with Gasteiger partial charge in [-0.2, -0.15) is 0 Å². The SMILES string of the molecule is CNCC(CC(=O)O)C(C)C. The molecule has 0 spiro atoms. The number of hydrogen-bond acceptors (Lipinski definition) is 2. The maximum Gasteiger partial charge on any atom is 0.303 e. The Balaban J connectivity index is 3.79. The van der Waals surface area contributed by atoms with Crippen LogP contribution in [0.4, 0.5) is 0 Å². The second-order valence-corrected chi connectivity index (χ2v) is 3.16. The van der Waals surface area contributed by atoms with E-state index in [1.807, 2.05) is 20.9 Å². The number of carboxylic acids is 1. The summed E-state index contributed by atoms with van der Waals surface area (Å²) in [5.41, 5.74) is 0. The van der Waals surface area contributed by atoms with E-state index in [1.165, 1.54) is 0 Å². The van der Waals surface area contributed by atoms with Gasteiger partial charge in [-0.05, 0) is 25.4 Å². The summed E-state index contributed by atoms with van der Waals surface area (Å²) < 4.78 is 0. The largest absolute Gasteiger partial charge is 0.481 e. The van der Waals surface area contributed by atoms with Gasteiger partial charge in [-0.3, -0.25) is 4.79 Å². The van der Waals surface area contributed by atoms with Crippen LogP contribution in [0.2, 0.25) is 0 Å². The molecule has 0 fully saturated rings. The van der Waals surface area contributed by atoms with Gasteiger partial charge in [0.15, 0.2) is 0 Å². The average Bonchev–Trinajstić information content (AvgIpc) is 1.86. The third-order valence-electron chi connectivity index (χ3n) is 1.85. The molecule has 3 heteroatoms. The molecule has 3 nitrogen and oxygen atoms in total. The van der Waals surface area contributed by atoms with E-state index < -0.39 is 5.97 Å². The van der Waals surface area contributed by atoms with Gasteiger partial charge in [0.05, 0.1) is 0 Å². The molecule has 0 bridgehead atoms. The Hall–Kier alpha value is -0.570. The van der Waals surface area contributed by atoms with Crippen LogP contribution in [0, 0.1) is 11.8 Å². The maximum atomic E-state index is 10.4. The van der Waals surface area contributed by atoms with Gasteiger partial charge in [0.2, 0.25) is 0 Å². The molecular weight excluding hydrogens is 142 g/mol. The third-order valence-corrected chi connectivity index (χ3v) is 1.85. The molecular formula is C8H17NO2. The Morgan fingerprint density at radius 2 is 2.09 bits per heavy atom. The van der Waals surface area contributed by atoms with Crippen molar-refractivity contribution in [2.24, 2.45) is 11.8 Å². The minimum Gasteiger partial charge on any atom is -0.481 e. The first kappa shape index (κ1) is 10.4. The molecule has 11 heavy (non-hydrogen) atoms. The van der Waals surface area contributed by atoms with E-state index >= 15 is 0 Å². The molecule has 0 aliphatic heterocycles. The first-order valence-corrected chi connectivity index (χ1v) is 3.94. The monoisotopic (exact) mass is 159 g/mol. The molecule has 0 aromatic carbocycles. The maximum absolute atomic E-state index is 10.4. The highest BCUT2D eigenvalue weighted by Gasteiger charge is 2.15. The van der Waals surface area contributed by atoms with E-state index in [2.05, 4.69) is 5.32 Å². The Morgan fingerprint density at radius 3 is 2.36 bits per heavy atom. The number of hydrogen-bond donors (Lipinski definition) is 2. The molecule has 0 amide bonds. The van der Waals surface area contributed by atoms with Crippen LogP contribution in [0.25, 0.3) is 0 Å². The average molecular weight is 159 g/mol. The molecule has 1 unspecified atom stereocenters. The van der Waals surface area contributed by atoms with Crippen molar-refractivity contribution in [3.63, 3.8) is 0 Å². The topological polar surface area (TPSA) is 49.3 Å². The highest BCUT2D eigenvalue weighted by molar-refractivity contribution is 5.67. The molecule has 1 atom stereocenters. The van der Waals surface area contributed by atoms with Crippen LogP contribution in [-0.4, -0.2) is 24.7 Å². The summed E-state index contributed by atoms with van der Waals surface area (Å²) in [4.78, 5) is 10.4. The Bertz CT molecular complexity index is 123. The fourth-order valence-electron chi connectivity index (χ4n) is 1.03. The van der Waals surface area contributed by atoms with E-state index in [9.17, 15) is 4.79 Å². The van der Waals surface area contributed by atoms with E-state index in [-0.39, 0.29) is 12.3 Å². The molecule has 0 saturated carbocycles. The Morgan fingerprint density at radius 1 is 1.55 bits per heavy atom. The summed E-state index contributed by atoms with van der Waals surface area (Å²) in [6.45, 7) is 4.87. The first-order chi connectivity index (χ1) is 5.07. The van der Waals surface area contributed by atoms with Crippen LogP contribution in [0.3, 0.4) is 0 Å². The standard InChI is InChI=1S/C8H17NO2/c1-6(2)7(5-9-3)4-8(10)11/h6-7,9H,4-5H2,1-3H3,(H,10,11). The number of carbonyl (C=O) groups is 1. The zero-order chi connectivity index (χ0) is 8.85. The lowest BCUT2D eigenvalue weighted by Crippen LogP contribution is -2.25. The minimum absolute atomic E-state index is 0.248. The second-order valence-electron chi connectivity index (χ2n) is 3.16. The lowest BCUT2D eigenvalue weighted by molar-refractivity contribution is -0.138. The smallest absolute Gasteiger partial charge is 0.303 e. The van der Waals surface area contributed by atoms with Gasteiger partial charge in [0.1, 0.15) is 0 Å². The van der Waals surface area contributed by atoms with Crippen LogP contribution in [0.5, 0.6) is 0 Å². The van der Waals surface area contributed by atoms with Crippen LogP contribution in [-0.2, 0) is 4.79 Å². The van der Waals surface area contributed by atoms with Gasteiger partial charge in [-0.15, -0.1) is 0 Å². The van der Waals surface area contributed by atoms with Crippen LogP contribution in [0.1, 0.15) is 20.3 Å². The molecule has 0 aliphatic rings. The fraction of sp³-hybridized carbons (Fsp3) is 0.875. The number of nitrogens with one attached hydrogen (secondary N) is 1. The van der Waals surface area contributed by atoms with Crippen molar-refractivity contribution in [1.29, 1.82) is 0 Å². The van der Waals surface area contributed by atoms with E-state index in [1.54, 1.807) is 0 Å². The number of carboxylic acid groups (broad SMARTS) is 1. The van der Waals surface area contributed by atoms with Gasteiger partial charge in [-0.25, -0.2) is 0 Å². The summed E-state index contributed by atoms with van der Waals surface area (Å²) in [7, 11) is 1.84. The predicted octanol–water partition coefficient (Wildman–Crippen LogP) is 0.953. The van der Waals surface area contributed by atoms with E-state index in [0.717, 1.165) is 6.54 Å². The van der Waals surface area contributed by atoms with Crippen molar-refractivity contribution in [3.05, 3.63) is 0 Å². The molecule has 66 valence electrons. The highest BCUT2D eigenvalue weighted by atomic mass is 16.4. The Kier molecular flexibility index (Phi) is 4.86. The second kappa shape index (κ2) is 5.13. The van der Waals surface area contributed by atoms with Crippen molar-refractivity contribution >= 4 is 5.97 Å². The Labute approximate surface area is 67.8 Å². The van der Waals surface area contributed by atoms with Crippen LogP contribution >= 0.6 is 0 Å². The van der Waals surface area contributed by atoms with Gasteiger partial charge < -0.3 is 10.4 Å². The molecule has 0 rings (SSSR count). The van der Waals surface area contributed by atoms with Crippen molar-refractivity contribution in [3.8, 4) is 0 Å². The molecule has 2 N–H and O–H groups in total. The lowest BCUT2D eigenvalue weighted by Gasteiger charge is -2.17. The number of aliphatic carboxylic acids is 1. The molecule has 0 radical (unpaired) electrons. The summed E-state index contributed by atoms with van der Waals surface area (Å²) in [5.74, 6) is -0.0324. The van der Waals surface area contributed by atoms with Crippen molar-refractivity contribution in [1.82, 2.24) is 5.32 Å². The van der Waals surface area contributed by atoms with E-state index in [0.29, 0.717) is 5.92 Å². The molecule has 0 heterocycles. The molecule has 0 aromatic heterocycles. The molecule has 0 aliphatic carbocycles. The normalized spacial score (nSPS) is 13.5. The third kappa shape index (κ3) is 4.79. The molecule has 0 aromatic rings. The summed E-state index contributed by atoms with van der Waals surface area (Å²) in [6.07, 6.45) is 0.262. The zero-order valence-electron chi connectivity index (χ0n) is 7.42. The van der Waals surface area contributed by atoms with Gasteiger partial charge in [0.25, 0.3) is 0 Å². The first-order valence-electron chi connectivity index (χ1n) is 3.94. The van der Waals surface area contributed by atoms with E-state index in [4.69, 9.17) is 5.11 Å². The number of rotatable bonds is 5. The van der Waals surface area contributed by atoms with Crippen LogP contribution < -0.4 is 5.32 Å². The van der Waals surface area contributed by atoms with Crippen molar-refractivity contribution in [2.45, 2.75) is 20.3 Å². The van der Waals surface area contributed by atoms with Crippen molar-refractivity contribution in [2.75, 3.05) is 13.6 Å². The van der Waals surface area contributed by atoms with Gasteiger partial charge >= 0.3 is 5.97 Å². The quantitative estimate of drug-likeness (QED) is 0.628. The minimum atomic E-state index is -0.709. The molecule has 0 saturated heterocycles.